The summed E-state index contributed by atoms with van der Waals surface area (Å²) in [6.07, 6.45) is 7.03. The Hall–Kier alpha value is -2.05. The number of hydrogen-bond acceptors (Lipinski definition) is 4. The average molecular weight is 279 g/mol. The zero-order chi connectivity index (χ0) is 14.6. The summed E-state index contributed by atoms with van der Waals surface area (Å²) >= 11 is 0. The summed E-state index contributed by atoms with van der Waals surface area (Å²) in [5.74, 6) is -0.173. The Morgan fingerprint density at radius 2 is 2.10 bits per heavy atom. The van der Waals surface area contributed by atoms with Crippen molar-refractivity contribution in [2.24, 2.45) is 17.9 Å². The van der Waals surface area contributed by atoms with Gasteiger partial charge in [-0.05, 0) is 18.9 Å². The lowest BCUT2D eigenvalue weighted by molar-refractivity contribution is 0.0905. The van der Waals surface area contributed by atoms with E-state index in [1.54, 1.807) is 19.3 Å². The van der Waals surface area contributed by atoms with Gasteiger partial charge in [0.1, 0.15) is 11.2 Å². The van der Waals surface area contributed by atoms with Gasteiger partial charge in [0.2, 0.25) is 0 Å². The Morgan fingerprint density at radius 3 is 2.60 bits per heavy atom. The fraction of sp³-hybridized carbons (Fsp3) is 0.615. The van der Waals surface area contributed by atoms with E-state index in [1.807, 2.05) is 0 Å². The van der Waals surface area contributed by atoms with Crippen molar-refractivity contribution in [3.05, 3.63) is 18.0 Å². The first-order valence-electron chi connectivity index (χ1n) is 6.87. The lowest BCUT2D eigenvalue weighted by Crippen LogP contribution is -2.57. The quantitative estimate of drug-likeness (QED) is 0.252. The molecule has 1 amide bonds. The summed E-state index contributed by atoms with van der Waals surface area (Å²) in [7, 11) is 1.71. The average Bonchev–Trinajstić information content (AvgIpc) is 2.73. The first kappa shape index (κ1) is 14.4. The SMILES string of the molecule is Cn1nccc1C(=O)NC1(C(N)=NO)CCCCCC1. The van der Waals surface area contributed by atoms with Crippen molar-refractivity contribution in [1.29, 1.82) is 0 Å². The second-order valence-corrected chi connectivity index (χ2v) is 5.28. The topological polar surface area (TPSA) is 106 Å². The second kappa shape index (κ2) is 5.94. The summed E-state index contributed by atoms with van der Waals surface area (Å²) in [6, 6.07) is 1.64. The second-order valence-electron chi connectivity index (χ2n) is 5.28. The Balaban J connectivity index is 2.24. The summed E-state index contributed by atoms with van der Waals surface area (Å²) < 4.78 is 1.51. The van der Waals surface area contributed by atoms with E-state index in [9.17, 15) is 4.79 Å². The number of amidine groups is 1. The molecule has 0 aromatic carbocycles. The van der Waals surface area contributed by atoms with Crippen LogP contribution >= 0.6 is 0 Å². The van der Waals surface area contributed by atoms with Crippen LogP contribution in [0.3, 0.4) is 0 Å². The van der Waals surface area contributed by atoms with Crippen LogP contribution in [-0.4, -0.2) is 32.3 Å². The van der Waals surface area contributed by atoms with E-state index in [2.05, 4.69) is 15.6 Å². The fourth-order valence-electron chi connectivity index (χ4n) is 2.75. The maximum Gasteiger partial charge on any atom is 0.270 e. The Labute approximate surface area is 117 Å². The third-order valence-corrected chi connectivity index (χ3v) is 3.96. The normalized spacial score (nSPS) is 19.4. The highest BCUT2D eigenvalue weighted by Crippen LogP contribution is 2.27. The summed E-state index contributed by atoms with van der Waals surface area (Å²) in [5.41, 5.74) is 5.56. The third-order valence-electron chi connectivity index (χ3n) is 3.96. The van der Waals surface area contributed by atoms with E-state index in [4.69, 9.17) is 10.9 Å². The number of amides is 1. The molecule has 110 valence electrons. The monoisotopic (exact) mass is 279 g/mol. The van der Waals surface area contributed by atoms with Crippen LogP contribution < -0.4 is 11.1 Å². The summed E-state index contributed by atoms with van der Waals surface area (Å²) in [4.78, 5) is 12.4. The molecule has 7 nitrogen and oxygen atoms in total. The van der Waals surface area contributed by atoms with Gasteiger partial charge in [-0.15, -0.1) is 0 Å². The molecule has 1 fully saturated rings. The molecule has 0 bridgehead atoms. The molecular formula is C13H21N5O2. The van der Waals surface area contributed by atoms with Gasteiger partial charge < -0.3 is 16.3 Å². The lowest BCUT2D eigenvalue weighted by Gasteiger charge is -2.32. The molecule has 7 heteroatoms. The predicted octanol–water partition coefficient (Wildman–Crippen LogP) is 0.989. The van der Waals surface area contributed by atoms with Crippen LogP contribution in [-0.2, 0) is 7.05 Å². The van der Waals surface area contributed by atoms with Gasteiger partial charge in [0, 0.05) is 13.2 Å². The standard InChI is InChI=1S/C13H21N5O2/c1-18-10(6-9-15-18)11(19)16-13(12(14)17-20)7-4-2-3-5-8-13/h6,9,20H,2-5,7-8H2,1H3,(H2,14,17)(H,16,19). The van der Waals surface area contributed by atoms with Crippen molar-refractivity contribution < 1.29 is 10.0 Å². The van der Waals surface area contributed by atoms with Crippen molar-refractivity contribution in [3.8, 4) is 0 Å². The Bertz CT molecular complexity index is 501. The number of carbonyl (C=O) groups excluding carboxylic acids is 1. The van der Waals surface area contributed by atoms with Crippen molar-refractivity contribution >= 4 is 11.7 Å². The number of rotatable bonds is 3. The molecule has 20 heavy (non-hydrogen) atoms. The number of aromatic nitrogens is 2. The smallest absolute Gasteiger partial charge is 0.270 e. The van der Waals surface area contributed by atoms with Crippen molar-refractivity contribution in [2.75, 3.05) is 0 Å². The van der Waals surface area contributed by atoms with Gasteiger partial charge in [-0.1, -0.05) is 30.8 Å². The highest BCUT2D eigenvalue weighted by Gasteiger charge is 2.37. The van der Waals surface area contributed by atoms with Crippen LogP contribution in [0.2, 0.25) is 0 Å². The minimum absolute atomic E-state index is 0.0786. The highest BCUT2D eigenvalue weighted by molar-refractivity contribution is 5.99. The Morgan fingerprint density at radius 1 is 1.45 bits per heavy atom. The highest BCUT2D eigenvalue weighted by atomic mass is 16.4. The van der Waals surface area contributed by atoms with Crippen LogP contribution in [0.25, 0.3) is 0 Å². The zero-order valence-corrected chi connectivity index (χ0v) is 11.7. The van der Waals surface area contributed by atoms with E-state index in [0.29, 0.717) is 18.5 Å². The number of nitrogens with two attached hydrogens (primary N) is 1. The van der Waals surface area contributed by atoms with Crippen molar-refractivity contribution in [3.63, 3.8) is 0 Å². The van der Waals surface area contributed by atoms with Gasteiger partial charge in [0.25, 0.3) is 5.91 Å². The van der Waals surface area contributed by atoms with Crippen molar-refractivity contribution in [1.82, 2.24) is 15.1 Å². The first-order valence-corrected chi connectivity index (χ1v) is 6.87. The molecule has 0 atom stereocenters. The molecule has 0 spiro atoms. The molecule has 1 aromatic rings. The molecule has 4 N–H and O–H groups in total. The van der Waals surface area contributed by atoms with E-state index < -0.39 is 5.54 Å². The molecular weight excluding hydrogens is 258 g/mol. The molecule has 1 heterocycles. The van der Waals surface area contributed by atoms with Gasteiger partial charge >= 0.3 is 0 Å². The van der Waals surface area contributed by atoms with Gasteiger partial charge in [-0.2, -0.15) is 5.10 Å². The molecule has 1 aliphatic rings. The van der Waals surface area contributed by atoms with Gasteiger partial charge in [-0.25, -0.2) is 0 Å². The van der Waals surface area contributed by atoms with Crippen LogP contribution in [0.5, 0.6) is 0 Å². The molecule has 1 saturated carbocycles. The number of aryl methyl sites for hydroxylation is 1. The van der Waals surface area contributed by atoms with Crippen LogP contribution in [0.4, 0.5) is 0 Å². The lowest BCUT2D eigenvalue weighted by atomic mass is 9.88. The maximum atomic E-state index is 12.4. The van der Waals surface area contributed by atoms with E-state index in [1.165, 1.54) is 4.68 Å². The molecule has 2 rings (SSSR count). The van der Waals surface area contributed by atoms with E-state index >= 15 is 0 Å². The zero-order valence-electron chi connectivity index (χ0n) is 11.7. The molecule has 1 aromatic heterocycles. The minimum Gasteiger partial charge on any atom is -0.409 e. The molecule has 0 aliphatic heterocycles. The number of carbonyl (C=O) groups is 1. The predicted molar refractivity (Wildman–Crippen MR) is 74.5 cm³/mol. The summed E-state index contributed by atoms with van der Waals surface area (Å²) in [5, 5.41) is 19.1. The van der Waals surface area contributed by atoms with E-state index in [0.717, 1.165) is 25.7 Å². The van der Waals surface area contributed by atoms with E-state index in [-0.39, 0.29) is 11.7 Å². The number of nitrogens with one attached hydrogen (secondary N) is 1. The Kier molecular flexibility index (Phi) is 4.26. The number of oxime groups is 1. The van der Waals surface area contributed by atoms with Crippen LogP contribution in [0.1, 0.15) is 49.0 Å². The fourth-order valence-corrected chi connectivity index (χ4v) is 2.75. The van der Waals surface area contributed by atoms with Gasteiger partial charge in [0.05, 0.1) is 0 Å². The third kappa shape index (κ3) is 2.76. The first-order chi connectivity index (χ1) is 9.59. The maximum absolute atomic E-state index is 12.4. The molecule has 0 unspecified atom stereocenters. The largest absolute Gasteiger partial charge is 0.409 e. The molecule has 0 radical (unpaired) electrons. The molecule has 0 saturated heterocycles. The van der Waals surface area contributed by atoms with Crippen LogP contribution in [0.15, 0.2) is 17.4 Å². The molecule has 1 aliphatic carbocycles. The van der Waals surface area contributed by atoms with Crippen molar-refractivity contribution in [2.45, 2.75) is 44.1 Å². The van der Waals surface area contributed by atoms with Crippen LogP contribution in [0, 0.1) is 0 Å². The number of hydrogen-bond donors (Lipinski definition) is 3. The number of nitrogens with zero attached hydrogens (tertiary/aromatic N) is 3. The van der Waals surface area contributed by atoms with Gasteiger partial charge in [0.15, 0.2) is 5.84 Å². The minimum atomic E-state index is -0.757. The summed E-state index contributed by atoms with van der Waals surface area (Å²) in [6.45, 7) is 0. The van der Waals surface area contributed by atoms with Gasteiger partial charge in [-0.3, -0.25) is 9.48 Å².